The van der Waals surface area contributed by atoms with Crippen molar-refractivity contribution in [2.24, 2.45) is 0 Å². The lowest BCUT2D eigenvalue weighted by molar-refractivity contribution is -0.149. The third-order valence-corrected chi connectivity index (χ3v) is 1.77. The predicted molar refractivity (Wildman–Crippen MR) is 37.8 cm³/mol. The van der Waals surface area contributed by atoms with Crippen LogP contribution in [0.3, 0.4) is 0 Å². The first-order chi connectivity index (χ1) is 6.12. The Labute approximate surface area is 72.0 Å². The van der Waals surface area contributed by atoms with Crippen molar-refractivity contribution < 1.29 is 13.6 Å². The van der Waals surface area contributed by atoms with Crippen LogP contribution in [0.2, 0.25) is 0 Å². The van der Waals surface area contributed by atoms with Gasteiger partial charge in [0, 0.05) is 12.4 Å². The number of nitrogens with one attached hydrogen (secondary N) is 1. The lowest BCUT2D eigenvalue weighted by Gasteiger charge is -2.22. The molecule has 0 bridgehead atoms. The van der Waals surface area contributed by atoms with Gasteiger partial charge in [0.15, 0.2) is 0 Å². The molecular weight excluding hydrogens is 180 g/mol. The lowest BCUT2D eigenvalue weighted by atomic mass is 10.1. The summed E-state index contributed by atoms with van der Waals surface area (Å²) in [6.45, 7) is 0.0115. The van der Waals surface area contributed by atoms with E-state index in [4.69, 9.17) is 0 Å². The van der Waals surface area contributed by atoms with E-state index in [2.05, 4.69) is 9.97 Å². The van der Waals surface area contributed by atoms with Gasteiger partial charge in [-0.15, -0.1) is 0 Å². The van der Waals surface area contributed by atoms with E-state index in [1.807, 2.05) is 5.32 Å². The van der Waals surface area contributed by atoms with Crippen molar-refractivity contribution >= 4 is 5.91 Å². The van der Waals surface area contributed by atoms with E-state index in [0.29, 0.717) is 0 Å². The topological polar surface area (TPSA) is 54.9 Å². The Kier molecular flexibility index (Phi) is 1.51. The van der Waals surface area contributed by atoms with E-state index in [0.717, 1.165) is 6.20 Å². The first-order valence-corrected chi connectivity index (χ1v) is 3.59. The summed E-state index contributed by atoms with van der Waals surface area (Å²) in [5.41, 5.74) is -0.425. The second-order valence-corrected chi connectivity index (χ2v) is 2.61. The van der Waals surface area contributed by atoms with Gasteiger partial charge in [0.05, 0.1) is 12.2 Å². The molecule has 0 saturated heterocycles. The van der Waals surface area contributed by atoms with Crippen LogP contribution in [-0.4, -0.2) is 15.9 Å². The Hall–Kier alpha value is -1.59. The van der Waals surface area contributed by atoms with Crippen molar-refractivity contribution in [2.45, 2.75) is 12.5 Å². The van der Waals surface area contributed by atoms with Crippen LogP contribution in [0.15, 0.2) is 12.4 Å². The van der Waals surface area contributed by atoms with Gasteiger partial charge in [-0.1, -0.05) is 0 Å². The molecule has 1 aliphatic heterocycles. The van der Waals surface area contributed by atoms with Gasteiger partial charge in [-0.25, -0.2) is 0 Å². The lowest BCUT2D eigenvalue weighted by Crippen LogP contribution is -2.44. The number of amides is 1. The number of halogens is 2. The Morgan fingerprint density at radius 2 is 2.08 bits per heavy atom. The quantitative estimate of drug-likeness (QED) is 0.628. The number of hydrogen-bond donors (Lipinski definition) is 1. The fraction of sp³-hybridized carbons (Fsp3) is 0.286. The minimum absolute atomic E-state index is 0.0115. The minimum Gasteiger partial charge on any atom is -0.345 e. The largest absolute Gasteiger partial charge is 0.367 e. The van der Waals surface area contributed by atoms with Crippen molar-refractivity contribution in [3.05, 3.63) is 23.8 Å². The normalized spacial score (nSPS) is 19.1. The number of fused-ring (bicyclic) bond motifs is 1. The number of carbonyl (C=O) groups is 1. The van der Waals surface area contributed by atoms with Gasteiger partial charge in [-0.05, 0) is 0 Å². The zero-order valence-electron chi connectivity index (χ0n) is 6.42. The average molecular weight is 185 g/mol. The third-order valence-electron chi connectivity index (χ3n) is 1.77. The maximum atomic E-state index is 13.1. The average Bonchev–Trinajstić information content (AvgIpc) is 2.13. The summed E-state index contributed by atoms with van der Waals surface area (Å²) in [6, 6.07) is 0. The van der Waals surface area contributed by atoms with Crippen LogP contribution in [0.1, 0.15) is 11.4 Å². The summed E-state index contributed by atoms with van der Waals surface area (Å²) in [6.07, 6.45) is 2.46. The number of nitrogens with zero attached hydrogens (tertiary/aromatic N) is 2. The highest BCUT2D eigenvalue weighted by atomic mass is 19.3. The Morgan fingerprint density at radius 3 is 2.85 bits per heavy atom. The molecule has 0 aromatic carbocycles. The maximum Gasteiger partial charge on any atom is 0.367 e. The Bertz CT molecular complexity index is 367. The highest BCUT2D eigenvalue weighted by molar-refractivity contribution is 5.85. The predicted octanol–water partition coefficient (Wildman–Crippen LogP) is 0.198. The summed E-state index contributed by atoms with van der Waals surface area (Å²) in [5, 5.41) is 2.04. The molecule has 0 unspecified atom stereocenters. The molecule has 0 saturated carbocycles. The summed E-state index contributed by atoms with van der Waals surface area (Å²) >= 11 is 0. The molecular formula is C7H5F2N3O. The molecule has 0 atom stereocenters. The van der Waals surface area contributed by atoms with Crippen LogP contribution in [-0.2, 0) is 17.3 Å². The molecule has 2 rings (SSSR count). The first kappa shape index (κ1) is 8.03. The van der Waals surface area contributed by atoms with Gasteiger partial charge in [-0.3, -0.25) is 14.8 Å². The van der Waals surface area contributed by atoms with Crippen molar-refractivity contribution in [1.82, 2.24) is 15.3 Å². The van der Waals surface area contributed by atoms with Crippen LogP contribution in [0, 0.1) is 0 Å². The first-order valence-electron chi connectivity index (χ1n) is 3.59. The molecule has 6 heteroatoms. The fourth-order valence-corrected chi connectivity index (χ4v) is 1.14. The van der Waals surface area contributed by atoms with Gasteiger partial charge in [-0.2, -0.15) is 8.78 Å². The molecule has 0 aliphatic carbocycles. The number of aromatic nitrogens is 2. The van der Waals surface area contributed by atoms with E-state index in [9.17, 15) is 13.6 Å². The molecule has 1 aliphatic rings. The van der Waals surface area contributed by atoms with Gasteiger partial charge < -0.3 is 5.32 Å². The number of rotatable bonds is 0. The van der Waals surface area contributed by atoms with Crippen molar-refractivity contribution in [3.63, 3.8) is 0 Å². The van der Waals surface area contributed by atoms with Crippen molar-refractivity contribution in [1.29, 1.82) is 0 Å². The molecule has 0 fully saturated rings. The monoisotopic (exact) mass is 185 g/mol. The van der Waals surface area contributed by atoms with Crippen molar-refractivity contribution in [3.8, 4) is 0 Å². The molecule has 1 aromatic heterocycles. The second kappa shape index (κ2) is 2.45. The molecule has 68 valence electrons. The summed E-state index contributed by atoms with van der Waals surface area (Å²) < 4.78 is 26.2. The fourth-order valence-electron chi connectivity index (χ4n) is 1.14. The van der Waals surface area contributed by atoms with Gasteiger partial charge in [0.1, 0.15) is 5.69 Å². The van der Waals surface area contributed by atoms with Gasteiger partial charge in [0.25, 0.3) is 5.91 Å². The number of hydrogen-bond acceptors (Lipinski definition) is 3. The zero-order chi connectivity index (χ0) is 9.47. The van der Waals surface area contributed by atoms with Crippen LogP contribution < -0.4 is 5.32 Å². The summed E-state index contributed by atoms with van der Waals surface area (Å²) in [7, 11) is 0. The van der Waals surface area contributed by atoms with E-state index in [1.165, 1.54) is 6.20 Å². The van der Waals surface area contributed by atoms with Gasteiger partial charge in [0.2, 0.25) is 0 Å². The van der Waals surface area contributed by atoms with E-state index >= 15 is 0 Å². The molecule has 2 heterocycles. The molecule has 1 aromatic rings. The van der Waals surface area contributed by atoms with Gasteiger partial charge >= 0.3 is 5.92 Å². The SMILES string of the molecule is O=C1NCc2nccnc2C1(F)F. The highest BCUT2D eigenvalue weighted by Crippen LogP contribution is 2.30. The number of carbonyl (C=O) groups excluding carboxylic acids is 1. The molecule has 1 N–H and O–H groups in total. The van der Waals surface area contributed by atoms with Crippen molar-refractivity contribution in [2.75, 3.05) is 0 Å². The van der Waals surface area contributed by atoms with E-state index in [-0.39, 0.29) is 12.2 Å². The molecule has 13 heavy (non-hydrogen) atoms. The molecule has 4 nitrogen and oxygen atoms in total. The Morgan fingerprint density at radius 1 is 1.38 bits per heavy atom. The van der Waals surface area contributed by atoms with E-state index in [1.54, 1.807) is 0 Å². The van der Waals surface area contributed by atoms with Crippen LogP contribution in [0.25, 0.3) is 0 Å². The zero-order valence-corrected chi connectivity index (χ0v) is 6.42. The van der Waals surface area contributed by atoms with E-state index < -0.39 is 17.5 Å². The standard InChI is InChI=1S/C7H5F2N3O/c8-7(9)5-4(3-12-6(7)13)10-1-2-11-5/h1-2H,3H2,(H,12,13). The summed E-state index contributed by atoms with van der Waals surface area (Å²) in [4.78, 5) is 17.9. The Balaban J connectivity index is 2.59. The smallest absolute Gasteiger partial charge is 0.345 e. The number of alkyl halides is 2. The summed E-state index contributed by atoms with van der Waals surface area (Å²) in [5.74, 6) is -4.87. The van der Waals surface area contributed by atoms with Crippen LogP contribution >= 0.6 is 0 Å². The van der Waals surface area contributed by atoms with Crippen LogP contribution in [0.4, 0.5) is 8.78 Å². The highest BCUT2D eigenvalue weighted by Gasteiger charge is 2.47. The minimum atomic E-state index is -3.55. The second-order valence-electron chi connectivity index (χ2n) is 2.61. The molecule has 0 radical (unpaired) electrons. The third kappa shape index (κ3) is 1.06. The maximum absolute atomic E-state index is 13.1. The van der Waals surface area contributed by atoms with Crippen LogP contribution in [0.5, 0.6) is 0 Å². The molecule has 0 spiro atoms. The molecule has 1 amide bonds.